The molecule has 0 N–H and O–H groups in total. The Balaban J connectivity index is 1.93. The Morgan fingerprint density at radius 2 is 1.55 bits per heavy atom. The molecule has 0 unspecified atom stereocenters. The van der Waals surface area contributed by atoms with Crippen LogP contribution in [0.2, 0.25) is 10.0 Å². The van der Waals surface area contributed by atoms with E-state index in [9.17, 15) is 9.59 Å². The largest absolute Gasteiger partial charge is 0.462 e. The summed E-state index contributed by atoms with van der Waals surface area (Å²) in [7, 11) is 0. The van der Waals surface area contributed by atoms with E-state index in [1.807, 2.05) is 30.3 Å². The Morgan fingerprint density at radius 1 is 0.903 bits per heavy atom. The van der Waals surface area contributed by atoms with Crippen molar-refractivity contribution in [2.75, 3.05) is 11.5 Å². The molecule has 31 heavy (non-hydrogen) atoms. The molecule has 0 radical (unpaired) electrons. The highest BCUT2D eigenvalue weighted by molar-refractivity contribution is 6.36. The number of amides is 1. The minimum absolute atomic E-state index is 0.176. The number of benzene rings is 3. The van der Waals surface area contributed by atoms with E-state index in [4.69, 9.17) is 27.9 Å². The quantitative estimate of drug-likeness (QED) is 0.306. The van der Waals surface area contributed by atoms with Gasteiger partial charge in [-0.15, -0.1) is 0 Å². The average Bonchev–Trinajstić information content (AvgIpc) is 2.78. The van der Waals surface area contributed by atoms with E-state index in [1.165, 1.54) is 6.08 Å². The second-order valence-corrected chi connectivity index (χ2v) is 7.45. The third kappa shape index (κ3) is 5.97. The van der Waals surface area contributed by atoms with E-state index in [-0.39, 0.29) is 12.5 Å². The molecule has 4 nitrogen and oxygen atoms in total. The maximum absolute atomic E-state index is 13.1. The average molecular weight is 454 g/mol. The summed E-state index contributed by atoms with van der Waals surface area (Å²) >= 11 is 12.7. The van der Waals surface area contributed by atoms with Gasteiger partial charge in [0.1, 0.15) is 0 Å². The fraction of sp³-hybridized carbons (Fsp3) is 0.120. The molecule has 0 fully saturated rings. The Kier molecular flexibility index (Phi) is 7.88. The second kappa shape index (κ2) is 10.8. The van der Waals surface area contributed by atoms with Gasteiger partial charge in [0.15, 0.2) is 0 Å². The van der Waals surface area contributed by atoms with Crippen LogP contribution in [-0.2, 0) is 16.1 Å². The van der Waals surface area contributed by atoms with Gasteiger partial charge >= 0.3 is 5.97 Å². The SMILES string of the molecule is CCOC(=O)c1ccc(N(Cc2c(Cl)cccc2Cl)C(=O)/C=C/c2ccccc2)cc1. The minimum Gasteiger partial charge on any atom is -0.462 e. The Hall–Kier alpha value is -3.08. The molecule has 0 spiro atoms. The highest BCUT2D eigenvalue weighted by atomic mass is 35.5. The Labute approximate surface area is 191 Å². The van der Waals surface area contributed by atoms with Crippen LogP contribution in [0.25, 0.3) is 6.08 Å². The predicted molar refractivity (Wildman–Crippen MR) is 126 cm³/mol. The van der Waals surface area contributed by atoms with E-state index in [2.05, 4.69) is 0 Å². The van der Waals surface area contributed by atoms with Crippen molar-refractivity contribution in [3.8, 4) is 0 Å². The lowest BCUT2D eigenvalue weighted by molar-refractivity contribution is -0.114. The van der Waals surface area contributed by atoms with Crippen molar-refractivity contribution in [2.45, 2.75) is 13.5 Å². The van der Waals surface area contributed by atoms with Crippen molar-refractivity contribution in [1.29, 1.82) is 0 Å². The van der Waals surface area contributed by atoms with Crippen LogP contribution in [0.4, 0.5) is 5.69 Å². The first-order valence-electron chi connectivity index (χ1n) is 9.74. The number of ether oxygens (including phenoxy) is 1. The predicted octanol–water partition coefficient (Wildman–Crippen LogP) is 6.42. The highest BCUT2D eigenvalue weighted by Gasteiger charge is 2.18. The van der Waals surface area contributed by atoms with Crippen molar-refractivity contribution in [3.05, 3.63) is 106 Å². The molecule has 0 saturated carbocycles. The van der Waals surface area contributed by atoms with Gasteiger partial charge in [-0.25, -0.2) is 4.79 Å². The first-order chi connectivity index (χ1) is 15.0. The summed E-state index contributed by atoms with van der Waals surface area (Å²) < 4.78 is 5.02. The molecule has 3 aromatic carbocycles. The summed E-state index contributed by atoms with van der Waals surface area (Å²) in [6.07, 6.45) is 3.25. The number of esters is 1. The topological polar surface area (TPSA) is 46.6 Å². The molecular weight excluding hydrogens is 433 g/mol. The molecule has 158 valence electrons. The molecule has 0 aliphatic heterocycles. The van der Waals surface area contributed by atoms with Gasteiger partial charge in [0, 0.05) is 27.4 Å². The maximum Gasteiger partial charge on any atom is 0.338 e. The molecule has 0 saturated heterocycles. The molecule has 0 aliphatic carbocycles. The molecule has 0 bridgehead atoms. The van der Waals surface area contributed by atoms with Gasteiger partial charge in [0.2, 0.25) is 0 Å². The Morgan fingerprint density at radius 3 is 2.16 bits per heavy atom. The first-order valence-corrected chi connectivity index (χ1v) is 10.5. The smallest absolute Gasteiger partial charge is 0.338 e. The summed E-state index contributed by atoms with van der Waals surface area (Å²) in [4.78, 5) is 26.6. The van der Waals surface area contributed by atoms with Crippen molar-refractivity contribution in [2.24, 2.45) is 0 Å². The maximum atomic E-state index is 13.1. The fourth-order valence-corrected chi connectivity index (χ4v) is 3.47. The second-order valence-electron chi connectivity index (χ2n) is 6.64. The lowest BCUT2D eigenvalue weighted by Gasteiger charge is -2.23. The first kappa shape index (κ1) is 22.6. The number of rotatable bonds is 7. The van der Waals surface area contributed by atoms with Crippen molar-refractivity contribution < 1.29 is 14.3 Å². The minimum atomic E-state index is -0.412. The van der Waals surface area contributed by atoms with Gasteiger partial charge < -0.3 is 9.64 Å². The van der Waals surface area contributed by atoms with Crippen molar-refractivity contribution in [1.82, 2.24) is 0 Å². The van der Waals surface area contributed by atoms with E-state index in [0.717, 1.165) is 5.56 Å². The molecule has 3 rings (SSSR count). The molecular formula is C25H21Cl2NO3. The van der Waals surface area contributed by atoms with Gasteiger partial charge in [-0.1, -0.05) is 59.6 Å². The van der Waals surface area contributed by atoms with Crippen LogP contribution in [0.15, 0.2) is 78.9 Å². The molecule has 6 heteroatoms. The zero-order chi connectivity index (χ0) is 22.2. The number of carbonyl (C=O) groups excluding carboxylic acids is 2. The van der Waals surface area contributed by atoms with Gasteiger partial charge in [-0.2, -0.15) is 0 Å². The number of halogens is 2. The summed E-state index contributed by atoms with van der Waals surface area (Å²) in [6.45, 7) is 2.22. The number of carbonyl (C=O) groups is 2. The van der Waals surface area contributed by atoms with Gasteiger partial charge in [-0.3, -0.25) is 4.79 Å². The van der Waals surface area contributed by atoms with E-state index in [0.29, 0.717) is 33.5 Å². The molecule has 1 amide bonds. The summed E-state index contributed by atoms with van der Waals surface area (Å²) in [5.41, 5.74) is 2.56. The molecule has 0 aliphatic rings. The van der Waals surface area contributed by atoms with E-state index < -0.39 is 5.97 Å². The number of nitrogens with zero attached hydrogens (tertiary/aromatic N) is 1. The van der Waals surface area contributed by atoms with Gasteiger partial charge in [0.05, 0.1) is 18.7 Å². The summed E-state index contributed by atoms with van der Waals surface area (Å²) in [5, 5.41) is 0.945. The molecule has 0 aromatic heterocycles. The fourth-order valence-electron chi connectivity index (χ4n) is 2.95. The number of hydrogen-bond donors (Lipinski definition) is 0. The zero-order valence-corrected chi connectivity index (χ0v) is 18.4. The normalized spacial score (nSPS) is 10.8. The third-order valence-electron chi connectivity index (χ3n) is 4.55. The van der Waals surface area contributed by atoms with Crippen LogP contribution in [0.5, 0.6) is 0 Å². The monoisotopic (exact) mass is 453 g/mol. The Bertz CT molecular complexity index is 1060. The van der Waals surface area contributed by atoms with Crippen LogP contribution in [-0.4, -0.2) is 18.5 Å². The number of anilines is 1. The van der Waals surface area contributed by atoms with Gasteiger partial charge in [-0.05, 0) is 55.0 Å². The number of hydrogen-bond acceptors (Lipinski definition) is 3. The van der Waals surface area contributed by atoms with Crippen LogP contribution < -0.4 is 4.90 Å². The lowest BCUT2D eigenvalue weighted by Crippen LogP contribution is -2.29. The summed E-state index contributed by atoms with van der Waals surface area (Å²) in [6, 6.07) is 21.4. The molecule has 3 aromatic rings. The third-order valence-corrected chi connectivity index (χ3v) is 5.26. The standard InChI is InChI=1S/C25H21Cl2NO3/c1-2-31-25(30)19-12-14-20(15-13-19)28(17-21-22(26)9-6-10-23(21)27)24(29)16-11-18-7-4-3-5-8-18/h3-16H,2,17H2,1H3/b16-11+. The molecule has 0 atom stereocenters. The van der Waals surface area contributed by atoms with Gasteiger partial charge in [0.25, 0.3) is 5.91 Å². The van der Waals surface area contributed by atoms with E-state index in [1.54, 1.807) is 60.4 Å². The van der Waals surface area contributed by atoms with Crippen LogP contribution >= 0.6 is 23.2 Å². The summed E-state index contributed by atoms with van der Waals surface area (Å²) in [5.74, 6) is -0.659. The van der Waals surface area contributed by atoms with Crippen molar-refractivity contribution in [3.63, 3.8) is 0 Å². The van der Waals surface area contributed by atoms with Crippen LogP contribution in [0, 0.1) is 0 Å². The van der Waals surface area contributed by atoms with Crippen LogP contribution in [0.3, 0.4) is 0 Å². The lowest BCUT2D eigenvalue weighted by atomic mass is 10.1. The molecule has 0 heterocycles. The van der Waals surface area contributed by atoms with Crippen LogP contribution in [0.1, 0.15) is 28.4 Å². The van der Waals surface area contributed by atoms with E-state index >= 15 is 0 Å². The highest BCUT2D eigenvalue weighted by Crippen LogP contribution is 2.28. The van der Waals surface area contributed by atoms with Crippen molar-refractivity contribution >= 4 is 46.8 Å². The zero-order valence-electron chi connectivity index (χ0n) is 16.9.